The lowest BCUT2D eigenvalue weighted by atomic mass is 10.2. The number of rotatable bonds is 11. The van der Waals surface area contributed by atoms with Gasteiger partial charge in [-0.25, -0.2) is 14.4 Å². The summed E-state index contributed by atoms with van der Waals surface area (Å²) in [5, 5.41) is 9.77. The number of esters is 3. The van der Waals surface area contributed by atoms with Crippen LogP contribution in [-0.2, 0) is 18.9 Å². The predicted octanol–water partition coefficient (Wildman–Crippen LogP) is 3.26. The summed E-state index contributed by atoms with van der Waals surface area (Å²) in [5.41, 5.74) is 0.756. The van der Waals surface area contributed by atoms with Crippen molar-refractivity contribution in [2.24, 2.45) is 0 Å². The van der Waals surface area contributed by atoms with E-state index >= 15 is 0 Å². The molecule has 0 aliphatic rings. The van der Waals surface area contributed by atoms with E-state index in [0.717, 1.165) is 0 Å². The first-order valence-electron chi connectivity index (χ1n) is 11.0. The molecule has 0 saturated carbocycles. The fraction of sp³-hybridized carbons (Fsp3) is 0.179. The summed E-state index contributed by atoms with van der Waals surface area (Å²) in [6.45, 7) is -1.18. The quantitative estimate of drug-likeness (QED) is 0.190. The summed E-state index contributed by atoms with van der Waals surface area (Å²) in [7, 11) is 0. The molecule has 3 aromatic rings. The Morgan fingerprint density at radius 3 is 1.61 bits per heavy atom. The van der Waals surface area contributed by atoms with Gasteiger partial charge in [-0.15, -0.1) is 6.42 Å². The van der Waals surface area contributed by atoms with Gasteiger partial charge in [0.15, 0.2) is 6.10 Å². The van der Waals surface area contributed by atoms with E-state index in [0.29, 0.717) is 0 Å². The average Bonchev–Trinajstić information content (AvgIpc) is 2.94. The van der Waals surface area contributed by atoms with E-state index in [2.05, 4.69) is 5.92 Å². The summed E-state index contributed by atoms with van der Waals surface area (Å²) in [6.07, 6.45) is 1.52. The van der Waals surface area contributed by atoms with Gasteiger partial charge in [-0.1, -0.05) is 60.5 Å². The van der Waals surface area contributed by atoms with Crippen LogP contribution in [0.2, 0.25) is 0 Å². The van der Waals surface area contributed by atoms with Crippen molar-refractivity contribution >= 4 is 17.9 Å². The summed E-state index contributed by atoms with van der Waals surface area (Å²) in [4.78, 5) is 37.5. The number of terminal acetylenes is 1. The minimum absolute atomic E-state index is 0.232. The Morgan fingerprint density at radius 2 is 1.17 bits per heavy atom. The van der Waals surface area contributed by atoms with Crippen LogP contribution in [0.3, 0.4) is 0 Å². The second-order valence-corrected chi connectivity index (χ2v) is 7.38. The van der Waals surface area contributed by atoms with Crippen molar-refractivity contribution in [1.82, 2.24) is 0 Å². The topological polar surface area (TPSA) is 108 Å². The number of aliphatic hydroxyl groups excluding tert-OH is 1. The molecule has 184 valence electrons. The van der Waals surface area contributed by atoms with Crippen molar-refractivity contribution in [3.63, 3.8) is 0 Å². The van der Waals surface area contributed by atoms with Crippen LogP contribution in [0.25, 0.3) is 0 Å². The zero-order valence-corrected chi connectivity index (χ0v) is 19.2. The van der Waals surface area contributed by atoms with Gasteiger partial charge in [0.2, 0.25) is 6.29 Å². The Morgan fingerprint density at radius 1 is 0.722 bits per heavy atom. The molecule has 0 aliphatic heterocycles. The molecule has 0 radical (unpaired) electrons. The molecule has 0 bridgehead atoms. The molecule has 0 saturated heterocycles. The molecule has 0 aliphatic carbocycles. The van der Waals surface area contributed by atoms with Crippen molar-refractivity contribution in [3.05, 3.63) is 108 Å². The van der Waals surface area contributed by atoms with Gasteiger partial charge in [0, 0.05) is 0 Å². The van der Waals surface area contributed by atoms with E-state index in [1.54, 1.807) is 78.9 Å². The Kier molecular flexibility index (Phi) is 9.77. The van der Waals surface area contributed by atoms with Crippen molar-refractivity contribution in [2.75, 3.05) is 13.2 Å². The third-order valence-corrected chi connectivity index (χ3v) is 4.86. The molecule has 1 N–H and O–H groups in total. The van der Waals surface area contributed by atoms with Gasteiger partial charge in [0.05, 0.1) is 16.7 Å². The summed E-state index contributed by atoms with van der Waals surface area (Å²) >= 11 is 0. The van der Waals surface area contributed by atoms with Crippen molar-refractivity contribution in [1.29, 1.82) is 0 Å². The molecule has 0 aromatic heterocycles. The SMILES string of the molecule is C#C[C@H](OC(=O)c1ccccc1)[C@@H](COC(=O)c1ccccc1)O[C@@H](CO)OC(=O)c1ccccc1. The molecule has 0 fully saturated rings. The molecule has 8 nitrogen and oxygen atoms in total. The second-order valence-electron chi connectivity index (χ2n) is 7.38. The van der Waals surface area contributed by atoms with Gasteiger partial charge in [0.1, 0.15) is 19.3 Å². The van der Waals surface area contributed by atoms with E-state index in [-0.39, 0.29) is 16.7 Å². The van der Waals surface area contributed by atoms with Crippen LogP contribution in [0.1, 0.15) is 31.1 Å². The highest BCUT2D eigenvalue weighted by Crippen LogP contribution is 2.15. The Labute approximate surface area is 208 Å². The van der Waals surface area contributed by atoms with Crippen LogP contribution in [-0.4, -0.2) is 54.7 Å². The predicted molar refractivity (Wildman–Crippen MR) is 129 cm³/mol. The van der Waals surface area contributed by atoms with Crippen LogP contribution < -0.4 is 0 Å². The third-order valence-electron chi connectivity index (χ3n) is 4.86. The lowest BCUT2D eigenvalue weighted by Gasteiger charge is -2.27. The van der Waals surface area contributed by atoms with Gasteiger partial charge < -0.3 is 24.1 Å². The van der Waals surface area contributed by atoms with Gasteiger partial charge in [0.25, 0.3) is 0 Å². The van der Waals surface area contributed by atoms with E-state index in [1.807, 2.05) is 0 Å². The molecular weight excluding hydrogens is 464 g/mol. The molecule has 3 atom stereocenters. The van der Waals surface area contributed by atoms with Crippen LogP contribution in [0.15, 0.2) is 91.0 Å². The summed E-state index contributed by atoms with van der Waals surface area (Å²) in [5.74, 6) is 0.140. The number of hydrogen-bond acceptors (Lipinski definition) is 8. The summed E-state index contributed by atoms with van der Waals surface area (Å²) < 4.78 is 21.6. The first kappa shape index (κ1) is 26.2. The second kappa shape index (κ2) is 13.4. The maximum absolute atomic E-state index is 12.6. The molecule has 36 heavy (non-hydrogen) atoms. The molecule has 8 heteroatoms. The lowest BCUT2D eigenvalue weighted by molar-refractivity contribution is -0.184. The molecule has 0 spiro atoms. The van der Waals surface area contributed by atoms with Crippen molar-refractivity contribution < 1.29 is 38.4 Å². The lowest BCUT2D eigenvalue weighted by Crippen LogP contribution is -2.41. The highest BCUT2D eigenvalue weighted by Gasteiger charge is 2.31. The van der Waals surface area contributed by atoms with Crippen LogP contribution in [0.4, 0.5) is 0 Å². The van der Waals surface area contributed by atoms with Gasteiger partial charge in [-0.3, -0.25) is 0 Å². The van der Waals surface area contributed by atoms with Crippen molar-refractivity contribution in [3.8, 4) is 12.3 Å². The number of carbonyl (C=O) groups is 3. The Bertz CT molecular complexity index is 1170. The highest BCUT2D eigenvalue weighted by molar-refractivity contribution is 5.90. The minimum atomic E-state index is -1.48. The number of ether oxygens (including phenoxy) is 4. The number of carbonyl (C=O) groups excluding carboxylic acids is 3. The Hall–Kier alpha value is -4.45. The maximum Gasteiger partial charge on any atom is 0.340 e. The van der Waals surface area contributed by atoms with E-state index in [9.17, 15) is 19.5 Å². The zero-order valence-electron chi connectivity index (χ0n) is 19.2. The minimum Gasteiger partial charge on any atom is -0.459 e. The molecule has 3 rings (SSSR count). The van der Waals surface area contributed by atoms with Gasteiger partial charge in [-0.05, 0) is 36.4 Å². The first-order valence-corrected chi connectivity index (χ1v) is 11.0. The normalized spacial score (nSPS) is 12.9. The standard InChI is InChI=1S/C28H24O8/c1-2-23(35-27(31)21-14-8-4-9-15-21)24(19-33-26(30)20-12-6-3-7-13-20)34-25(18-29)36-28(32)22-16-10-5-11-17-22/h1,3-17,23-25,29H,18-19H2/t23-,24+,25+/m0/s1. The number of hydrogen-bond donors (Lipinski definition) is 1. The monoisotopic (exact) mass is 488 g/mol. The number of benzene rings is 3. The van der Waals surface area contributed by atoms with Gasteiger partial charge in [-0.2, -0.15) is 0 Å². The third kappa shape index (κ3) is 7.53. The molecule has 0 heterocycles. The van der Waals surface area contributed by atoms with Crippen molar-refractivity contribution in [2.45, 2.75) is 18.5 Å². The molecular formula is C28H24O8. The van der Waals surface area contributed by atoms with E-state index < -0.39 is 49.6 Å². The molecule has 0 amide bonds. The van der Waals surface area contributed by atoms with Crippen LogP contribution in [0, 0.1) is 12.3 Å². The zero-order chi connectivity index (χ0) is 25.8. The highest BCUT2D eigenvalue weighted by atomic mass is 16.7. The fourth-order valence-corrected chi connectivity index (χ4v) is 3.05. The summed E-state index contributed by atoms with van der Waals surface area (Å²) in [6, 6.07) is 24.4. The average molecular weight is 488 g/mol. The molecule has 0 unspecified atom stereocenters. The first-order chi connectivity index (χ1) is 17.5. The van der Waals surface area contributed by atoms with E-state index in [4.69, 9.17) is 25.4 Å². The largest absolute Gasteiger partial charge is 0.459 e. The smallest absolute Gasteiger partial charge is 0.340 e. The van der Waals surface area contributed by atoms with E-state index in [1.165, 1.54) is 12.1 Å². The Balaban J connectivity index is 1.75. The van der Waals surface area contributed by atoms with Crippen LogP contribution in [0.5, 0.6) is 0 Å². The maximum atomic E-state index is 12.6. The van der Waals surface area contributed by atoms with Crippen LogP contribution >= 0.6 is 0 Å². The molecule has 3 aromatic carbocycles. The number of aliphatic hydroxyl groups is 1. The fourth-order valence-electron chi connectivity index (χ4n) is 3.05. The van der Waals surface area contributed by atoms with Gasteiger partial charge >= 0.3 is 17.9 Å².